The standard InChI is InChI=1S/C15H17N3O/c1-18(2)15(19)13-4-3-5-14(10-13)17-11-12-6-8-16-9-7-12/h3-10,17H,11H2,1-2H3. The predicted octanol–water partition coefficient (Wildman–Crippen LogP) is 2.40. The van der Waals surface area contributed by atoms with Crippen molar-refractivity contribution in [3.05, 3.63) is 59.9 Å². The molecule has 1 aromatic heterocycles. The number of nitrogens with zero attached hydrogens (tertiary/aromatic N) is 2. The Bertz CT molecular complexity index is 552. The molecule has 1 aromatic carbocycles. The molecule has 0 radical (unpaired) electrons. The Morgan fingerprint density at radius 2 is 1.95 bits per heavy atom. The zero-order chi connectivity index (χ0) is 13.7. The second-order valence-electron chi connectivity index (χ2n) is 4.49. The van der Waals surface area contributed by atoms with Crippen molar-refractivity contribution >= 4 is 11.6 Å². The highest BCUT2D eigenvalue weighted by Crippen LogP contribution is 2.13. The third-order valence-electron chi connectivity index (χ3n) is 2.76. The highest BCUT2D eigenvalue weighted by atomic mass is 16.2. The SMILES string of the molecule is CN(C)C(=O)c1cccc(NCc2ccncc2)c1. The third kappa shape index (κ3) is 3.55. The number of hydrogen-bond acceptors (Lipinski definition) is 3. The van der Waals surface area contributed by atoms with Crippen LogP contribution in [-0.2, 0) is 6.54 Å². The average Bonchev–Trinajstić information content (AvgIpc) is 2.45. The van der Waals surface area contributed by atoms with Gasteiger partial charge in [0.1, 0.15) is 0 Å². The molecule has 0 spiro atoms. The van der Waals surface area contributed by atoms with Crippen LogP contribution in [0.15, 0.2) is 48.8 Å². The molecule has 4 nitrogen and oxygen atoms in total. The molecule has 0 aliphatic rings. The van der Waals surface area contributed by atoms with Crippen molar-refractivity contribution in [1.82, 2.24) is 9.88 Å². The number of rotatable bonds is 4. The monoisotopic (exact) mass is 255 g/mol. The molecule has 0 unspecified atom stereocenters. The van der Waals surface area contributed by atoms with Gasteiger partial charge in [-0.3, -0.25) is 9.78 Å². The molecule has 0 aliphatic heterocycles. The minimum Gasteiger partial charge on any atom is -0.381 e. The summed E-state index contributed by atoms with van der Waals surface area (Å²) in [5.41, 5.74) is 2.77. The molecule has 0 aliphatic carbocycles. The molecule has 2 aromatic rings. The largest absolute Gasteiger partial charge is 0.381 e. The van der Waals surface area contributed by atoms with Crippen LogP contribution < -0.4 is 5.32 Å². The van der Waals surface area contributed by atoms with E-state index in [4.69, 9.17) is 0 Å². The normalized spacial score (nSPS) is 10.0. The summed E-state index contributed by atoms with van der Waals surface area (Å²) in [5, 5.41) is 3.30. The zero-order valence-electron chi connectivity index (χ0n) is 11.1. The highest BCUT2D eigenvalue weighted by Gasteiger charge is 2.07. The number of anilines is 1. The Kier molecular flexibility index (Phi) is 4.13. The summed E-state index contributed by atoms with van der Waals surface area (Å²) < 4.78 is 0. The molecule has 1 N–H and O–H groups in total. The minimum atomic E-state index is 0.00700. The third-order valence-corrected chi connectivity index (χ3v) is 2.76. The molecule has 4 heteroatoms. The number of hydrogen-bond donors (Lipinski definition) is 1. The molecule has 0 saturated carbocycles. The van der Waals surface area contributed by atoms with Crippen molar-refractivity contribution in [3.8, 4) is 0 Å². The topological polar surface area (TPSA) is 45.2 Å². The van der Waals surface area contributed by atoms with Crippen molar-refractivity contribution in [2.24, 2.45) is 0 Å². The first-order valence-corrected chi connectivity index (χ1v) is 6.11. The van der Waals surface area contributed by atoms with Gasteiger partial charge in [0, 0.05) is 44.3 Å². The Hall–Kier alpha value is -2.36. The molecule has 2 rings (SSSR count). The molecular weight excluding hydrogens is 238 g/mol. The van der Waals surface area contributed by atoms with Gasteiger partial charge < -0.3 is 10.2 Å². The molecule has 1 amide bonds. The van der Waals surface area contributed by atoms with Crippen molar-refractivity contribution in [1.29, 1.82) is 0 Å². The second-order valence-corrected chi connectivity index (χ2v) is 4.49. The maximum atomic E-state index is 11.9. The van der Waals surface area contributed by atoms with Crippen LogP contribution in [0.5, 0.6) is 0 Å². The van der Waals surface area contributed by atoms with Gasteiger partial charge >= 0.3 is 0 Å². The van der Waals surface area contributed by atoms with Crippen molar-refractivity contribution in [2.75, 3.05) is 19.4 Å². The lowest BCUT2D eigenvalue weighted by molar-refractivity contribution is 0.0827. The fourth-order valence-electron chi connectivity index (χ4n) is 1.73. The molecule has 0 fully saturated rings. The van der Waals surface area contributed by atoms with Gasteiger partial charge in [-0.25, -0.2) is 0 Å². The number of pyridine rings is 1. The van der Waals surface area contributed by atoms with E-state index in [1.54, 1.807) is 31.4 Å². The Morgan fingerprint density at radius 3 is 2.63 bits per heavy atom. The van der Waals surface area contributed by atoms with E-state index in [2.05, 4.69) is 10.3 Å². The maximum absolute atomic E-state index is 11.9. The fraction of sp³-hybridized carbons (Fsp3) is 0.200. The van der Waals surface area contributed by atoms with Gasteiger partial charge in [0.25, 0.3) is 5.91 Å². The van der Waals surface area contributed by atoms with E-state index >= 15 is 0 Å². The molecular formula is C15H17N3O. The quantitative estimate of drug-likeness (QED) is 0.912. The van der Waals surface area contributed by atoms with Crippen molar-refractivity contribution < 1.29 is 4.79 Å². The summed E-state index contributed by atoms with van der Waals surface area (Å²) in [6.07, 6.45) is 3.53. The van der Waals surface area contributed by atoms with Crippen molar-refractivity contribution in [2.45, 2.75) is 6.54 Å². The van der Waals surface area contributed by atoms with E-state index in [9.17, 15) is 4.79 Å². The molecule has 0 saturated heterocycles. The molecule has 0 atom stereocenters. The minimum absolute atomic E-state index is 0.00700. The first kappa shape index (κ1) is 13.1. The molecule has 19 heavy (non-hydrogen) atoms. The van der Waals surface area contributed by atoms with E-state index < -0.39 is 0 Å². The van der Waals surface area contributed by atoms with E-state index in [-0.39, 0.29) is 5.91 Å². The lowest BCUT2D eigenvalue weighted by atomic mass is 10.1. The highest BCUT2D eigenvalue weighted by molar-refractivity contribution is 5.94. The molecule has 98 valence electrons. The number of amides is 1. The summed E-state index contributed by atoms with van der Waals surface area (Å²) >= 11 is 0. The van der Waals surface area contributed by atoms with Crippen LogP contribution in [0.3, 0.4) is 0 Å². The summed E-state index contributed by atoms with van der Waals surface area (Å²) in [4.78, 5) is 17.4. The van der Waals surface area contributed by atoms with Crippen LogP contribution in [0, 0.1) is 0 Å². The van der Waals surface area contributed by atoms with Gasteiger partial charge in [0.2, 0.25) is 0 Å². The van der Waals surface area contributed by atoms with Crippen LogP contribution in [0.1, 0.15) is 15.9 Å². The van der Waals surface area contributed by atoms with Crippen LogP contribution in [0.25, 0.3) is 0 Å². The van der Waals surface area contributed by atoms with Gasteiger partial charge in [-0.05, 0) is 35.9 Å². The summed E-state index contributed by atoms with van der Waals surface area (Å²) in [7, 11) is 3.50. The summed E-state index contributed by atoms with van der Waals surface area (Å²) in [6.45, 7) is 0.710. The van der Waals surface area contributed by atoms with Gasteiger partial charge in [-0.15, -0.1) is 0 Å². The number of carbonyl (C=O) groups excluding carboxylic acids is 1. The van der Waals surface area contributed by atoms with Gasteiger partial charge in [0.05, 0.1) is 0 Å². The Labute approximate surface area is 113 Å². The van der Waals surface area contributed by atoms with Crippen LogP contribution in [-0.4, -0.2) is 29.9 Å². The smallest absolute Gasteiger partial charge is 0.253 e. The van der Waals surface area contributed by atoms with Gasteiger partial charge in [-0.2, -0.15) is 0 Å². The van der Waals surface area contributed by atoms with Crippen LogP contribution >= 0.6 is 0 Å². The lowest BCUT2D eigenvalue weighted by Crippen LogP contribution is -2.21. The van der Waals surface area contributed by atoms with Crippen LogP contribution in [0.2, 0.25) is 0 Å². The maximum Gasteiger partial charge on any atom is 0.253 e. The van der Waals surface area contributed by atoms with Gasteiger partial charge in [-0.1, -0.05) is 6.07 Å². The number of aromatic nitrogens is 1. The van der Waals surface area contributed by atoms with E-state index in [1.165, 1.54) is 0 Å². The van der Waals surface area contributed by atoms with Crippen molar-refractivity contribution in [3.63, 3.8) is 0 Å². The van der Waals surface area contributed by atoms with Crippen LogP contribution in [0.4, 0.5) is 5.69 Å². The summed E-state index contributed by atoms with van der Waals surface area (Å²) in [5.74, 6) is 0.00700. The predicted molar refractivity (Wildman–Crippen MR) is 76.0 cm³/mol. The second kappa shape index (κ2) is 6.00. The molecule has 0 bridgehead atoms. The molecule has 1 heterocycles. The van der Waals surface area contributed by atoms with E-state index in [0.29, 0.717) is 12.1 Å². The average molecular weight is 255 g/mol. The Morgan fingerprint density at radius 1 is 1.21 bits per heavy atom. The first-order valence-electron chi connectivity index (χ1n) is 6.11. The van der Waals surface area contributed by atoms with Gasteiger partial charge in [0.15, 0.2) is 0 Å². The zero-order valence-corrected chi connectivity index (χ0v) is 11.1. The van der Waals surface area contributed by atoms with E-state index in [1.807, 2.05) is 36.4 Å². The number of nitrogens with one attached hydrogen (secondary N) is 1. The fourth-order valence-corrected chi connectivity index (χ4v) is 1.73. The Balaban J connectivity index is 2.05. The number of benzene rings is 1. The first-order chi connectivity index (χ1) is 9.16. The van der Waals surface area contributed by atoms with E-state index in [0.717, 1.165) is 11.3 Å². The number of carbonyl (C=O) groups is 1. The summed E-state index contributed by atoms with van der Waals surface area (Å²) in [6, 6.07) is 11.4. The lowest BCUT2D eigenvalue weighted by Gasteiger charge is -2.12.